The number of aryl methyl sites for hydroxylation is 1. The second-order valence-electron chi connectivity index (χ2n) is 6.73. The number of nitrogens with one attached hydrogen (secondary N) is 1. The van der Waals surface area contributed by atoms with Crippen LogP contribution in [0.1, 0.15) is 19.0 Å². The predicted octanol–water partition coefficient (Wildman–Crippen LogP) is 2.98. The van der Waals surface area contributed by atoms with Crippen molar-refractivity contribution in [3.63, 3.8) is 0 Å². The molecule has 1 aliphatic rings. The van der Waals surface area contributed by atoms with Crippen LogP contribution < -0.4 is 5.32 Å². The molecule has 0 bridgehead atoms. The van der Waals surface area contributed by atoms with Gasteiger partial charge in [0.05, 0.1) is 5.52 Å². The normalized spacial score (nSPS) is 18.2. The summed E-state index contributed by atoms with van der Waals surface area (Å²) < 4.78 is 0. The van der Waals surface area contributed by atoms with Crippen molar-refractivity contribution in [2.75, 3.05) is 45.1 Å². The van der Waals surface area contributed by atoms with Gasteiger partial charge in [-0.3, -0.25) is 9.88 Å². The Morgan fingerprint density at radius 3 is 2.70 bits per heavy atom. The van der Waals surface area contributed by atoms with E-state index in [1.165, 1.54) is 43.7 Å². The van der Waals surface area contributed by atoms with Crippen LogP contribution in [-0.4, -0.2) is 60.6 Å². The number of anilines is 1. The molecule has 1 aromatic heterocycles. The van der Waals surface area contributed by atoms with E-state index in [4.69, 9.17) is 0 Å². The minimum atomic E-state index is 0.630. The van der Waals surface area contributed by atoms with Gasteiger partial charge in [0.2, 0.25) is 0 Å². The van der Waals surface area contributed by atoms with Crippen LogP contribution in [0.5, 0.6) is 0 Å². The average molecular weight is 312 g/mol. The number of hydrogen-bond donors (Lipinski definition) is 1. The quantitative estimate of drug-likeness (QED) is 0.920. The van der Waals surface area contributed by atoms with E-state index in [9.17, 15) is 0 Å². The number of para-hydroxylation sites is 1. The van der Waals surface area contributed by atoms with Crippen LogP contribution in [0.3, 0.4) is 0 Å². The highest BCUT2D eigenvalue weighted by Crippen LogP contribution is 2.23. The zero-order chi connectivity index (χ0) is 16.2. The zero-order valence-electron chi connectivity index (χ0n) is 14.5. The fourth-order valence-electron chi connectivity index (χ4n) is 3.32. The van der Waals surface area contributed by atoms with E-state index in [2.05, 4.69) is 65.3 Å². The third-order valence-electron chi connectivity index (χ3n) is 4.88. The van der Waals surface area contributed by atoms with Gasteiger partial charge in [0, 0.05) is 55.5 Å². The molecule has 0 amide bonds. The molecule has 4 heteroatoms. The molecular weight excluding hydrogens is 284 g/mol. The minimum Gasteiger partial charge on any atom is -0.384 e. The topological polar surface area (TPSA) is 31.4 Å². The molecule has 23 heavy (non-hydrogen) atoms. The Morgan fingerprint density at radius 1 is 1.17 bits per heavy atom. The molecule has 1 N–H and O–H groups in total. The first kappa shape index (κ1) is 16.2. The number of pyridine rings is 1. The Kier molecular flexibility index (Phi) is 5.13. The molecule has 0 spiro atoms. The predicted molar refractivity (Wildman–Crippen MR) is 98.1 cm³/mol. The third-order valence-corrected chi connectivity index (χ3v) is 4.88. The van der Waals surface area contributed by atoms with Crippen molar-refractivity contribution in [3.8, 4) is 0 Å². The van der Waals surface area contributed by atoms with Crippen molar-refractivity contribution in [1.29, 1.82) is 0 Å². The maximum atomic E-state index is 4.61. The number of likely N-dealkylation sites (N-methyl/N-ethyl adjacent to an activating group) is 1. The Hall–Kier alpha value is -1.65. The Morgan fingerprint density at radius 2 is 1.91 bits per heavy atom. The van der Waals surface area contributed by atoms with Gasteiger partial charge in [0.25, 0.3) is 0 Å². The van der Waals surface area contributed by atoms with E-state index >= 15 is 0 Å². The molecule has 1 aliphatic heterocycles. The smallest absolute Gasteiger partial charge is 0.0725 e. The molecule has 0 aliphatic carbocycles. The largest absolute Gasteiger partial charge is 0.384 e. The lowest BCUT2D eigenvalue weighted by Crippen LogP contribution is -2.48. The van der Waals surface area contributed by atoms with Gasteiger partial charge in [0.15, 0.2) is 0 Å². The number of benzene rings is 1. The van der Waals surface area contributed by atoms with Crippen LogP contribution in [0.4, 0.5) is 5.69 Å². The van der Waals surface area contributed by atoms with Crippen molar-refractivity contribution < 1.29 is 0 Å². The number of hydrogen-bond acceptors (Lipinski definition) is 4. The number of piperazine rings is 1. The standard InChI is InChI=1S/C19H28N4/c1-15-14-19(17-6-4-5-7-18(17)21-15)20-9-8-16(2)23-12-10-22(3)11-13-23/h4-7,14,16H,8-13H2,1-3H3,(H,20,21)/t16-/m0/s1. The lowest BCUT2D eigenvalue weighted by atomic mass is 10.1. The molecule has 4 nitrogen and oxygen atoms in total. The van der Waals surface area contributed by atoms with E-state index in [0.717, 1.165) is 17.8 Å². The van der Waals surface area contributed by atoms with Crippen LogP contribution in [0, 0.1) is 6.92 Å². The third kappa shape index (κ3) is 4.01. The Balaban J connectivity index is 1.58. The fraction of sp³-hybridized carbons (Fsp3) is 0.526. The van der Waals surface area contributed by atoms with Crippen molar-refractivity contribution >= 4 is 16.6 Å². The van der Waals surface area contributed by atoms with Crippen LogP contribution in [0.15, 0.2) is 30.3 Å². The molecule has 2 aromatic rings. The number of nitrogens with zero attached hydrogens (tertiary/aromatic N) is 3. The van der Waals surface area contributed by atoms with Crippen molar-refractivity contribution in [2.24, 2.45) is 0 Å². The summed E-state index contributed by atoms with van der Waals surface area (Å²) in [4.78, 5) is 9.63. The van der Waals surface area contributed by atoms with E-state index in [-0.39, 0.29) is 0 Å². The summed E-state index contributed by atoms with van der Waals surface area (Å²) in [5.74, 6) is 0. The maximum Gasteiger partial charge on any atom is 0.0725 e. The first-order chi connectivity index (χ1) is 11.1. The van der Waals surface area contributed by atoms with Crippen LogP contribution in [-0.2, 0) is 0 Å². The van der Waals surface area contributed by atoms with Gasteiger partial charge in [-0.2, -0.15) is 0 Å². The number of rotatable bonds is 5. The molecule has 1 fully saturated rings. The molecule has 2 heterocycles. The summed E-state index contributed by atoms with van der Waals surface area (Å²) in [5, 5.41) is 4.84. The molecule has 0 saturated carbocycles. The van der Waals surface area contributed by atoms with Gasteiger partial charge in [-0.1, -0.05) is 18.2 Å². The molecule has 1 saturated heterocycles. The monoisotopic (exact) mass is 312 g/mol. The van der Waals surface area contributed by atoms with E-state index in [1.54, 1.807) is 0 Å². The summed E-state index contributed by atoms with van der Waals surface area (Å²) in [6.45, 7) is 10.2. The summed E-state index contributed by atoms with van der Waals surface area (Å²) >= 11 is 0. The highest BCUT2D eigenvalue weighted by molar-refractivity contribution is 5.91. The van der Waals surface area contributed by atoms with Gasteiger partial charge in [-0.25, -0.2) is 0 Å². The Bertz CT molecular complexity index is 647. The van der Waals surface area contributed by atoms with Crippen molar-refractivity contribution in [3.05, 3.63) is 36.0 Å². The lowest BCUT2D eigenvalue weighted by molar-refractivity contribution is 0.116. The van der Waals surface area contributed by atoms with Gasteiger partial charge in [-0.05, 0) is 39.4 Å². The first-order valence-corrected chi connectivity index (χ1v) is 8.66. The van der Waals surface area contributed by atoms with Crippen LogP contribution in [0.2, 0.25) is 0 Å². The fourth-order valence-corrected chi connectivity index (χ4v) is 3.32. The summed E-state index contributed by atoms with van der Waals surface area (Å²) in [6.07, 6.45) is 1.17. The summed E-state index contributed by atoms with van der Waals surface area (Å²) in [7, 11) is 2.21. The van der Waals surface area contributed by atoms with Gasteiger partial charge in [-0.15, -0.1) is 0 Å². The molecule has 1 atom stereocenters. The molecule has 1 aromatic carbocycles. The van der Waals surface area contributed by atoms with Gasteiger partial charge >= 0.3 is 0 Å². The molecule has 3 rings (SSSR count). The van der Waals surface area contributed by atoms with Crippen molar-refractivity contribution in [2.45, 2.75) is 26.3 Å². The zero-order valence-corrected chi connectivity index (χ0v) is 14.5. The second kappa shape index (κ2) is 7.28. The molecule has 124 valence electrons. The van der Waals surface area contributed by atoms with E-state index in [1.807, 2.05) is 6.07 Å². The van der Waals surface area contributed by atoms with Gasteiger partial charge in [0.1, 0.15) is 0 Å². The van der Waals surface area contributed by atoms with Crippen LogP contribution >= 0.6 is 0 Å². The summed E-state index contributed by atoms with van der Waals surface area (Å²) in [5.41, 5.74) is 3.35. The van der Waals surface area contributed by atoms with E-state index in [0.29, 0.717) is 6.04 Å². The highest BCUT2D eigenvalue weighted by Gasteiger charge is 2.18. The molecular formula is C19H28N4. The molecule has 0 radical (unpaired) electrons. The lowest BCUT2D eigenvalue weighted by Gasteiger charge is -2.36. The maximum absolute atomic E-state index is 4.61. The van der Waals surface area contributed by atoms with Crippen LogP contribution in [0.25, 0.3) is 10.9 Å². The number of aromatic nitrogens is 1. The first-order valence-electron chi connectivity index (χ1n) is 8.66. The minimum absolute atomic E-state index is 0.630. The SMILES string of the molecule is Cc1cc(NCC[C@H](C)N2CCN(C)CC2)c2ccccc2n1. The van der Waals surface area contributed by atoms with Gasteiger partial charge < -0.3 is 10.2 Å². The van der Waals surface area contributed by atoms with Crippen molar-refractivity contribution in [1.82, 2.24) is 14.8 Å². The Labute approximate surface area is 139 Å². The number of fused-ring (bicyclic) bond motifs is 1. The molecule has 0 unspecified atom stereocenters. The highest BCUT2D eigenvalue weighted by atomic mass is 15.3. The average Bonchev–Trinajstić information content (AvgIpc) is 2.55. The van der Waals surface area contributed by atoms with E-state index < -0.39 is 0 Å². The second-order valence-corrected chi connectivity index (χ2v) is 6.73. The summed E-state index contributed by atoms with van der Waals surface area (Å²) in [6, 6.07) is 11.1.